The molecule has 1 aromatic heterocycles. The smallest absolute Gasteiger partial charge is 0.0979 e. The van der Waals surface area contributed by atoms with E-state index in [1.54, 1.807) is 0 Å². The van der Waals surface area contributed by atoms with E-state index >= 15 is 0 Å². The van der Waals surface area contributed by atoms with Crippen LogP contribution in [0.2, 0.25) is 0 Å². The van der Waals surface area contributed by atoms with Crippen LogP contribution >= 0.6 is 0 Å². The quantitative estimate of drug-likeness (QED) is 0.186. The Morgan fingerprint density at radius 2 is 0.623 bits per heavy atom. The zero-order valence-corrected chi connectivity index (χ0v) is 28.9. The maximum absolute atomic E-state index is 5.70. The molecule has 8 aromatic carbocycles. The number of aromatic nitrogens is 2. The van der Waals surface area contributed by atoms with Crippen molar-refractivity contribution in [3.05, 3.63) is 216 Å². The first-order valence-corrected chi connectivity index (χ1v) is 18.3. The van der Waals surface area contributed by atoms with E-state index in [0.29, 0.717) is 0 Å². The summed E-state index contributed by atoms with van der Waals surface area (Å²) in [5, 5.41) is 0. The molecule has 9 aromatic rings. The van der Waals surface area contributed by atoms with Crippen molar-refractivity contribution < 1.29 is 0 Å². The number of nitrogens with zero attached hydrogens (tertiary/aromatic N) is 2. The van der Waals surface area contributed by atoms with Gasteiger partial charge in [0.15, 0.2) is 0 Å². The lowest BCUT2D eigenvalue weighted by molar-refractivity contribution is 0.794. The van der Waals surface area contributed by atoms with Crippen LogP contribution in [0.25, 0.3) is 78.1 Å². The van der Waals surface area contributed by atoms with Gasteiger partial charge in [0.1, 0.15) is 0 Å². The van der Waals surface area contributed by atoms with Gasteiger partial charge in [0.25, 0.3) is 0 Å². The van der Waals surface area contributed by atoms with Gasteiger partial charge in [0.05, 0.1) is 27.8 Å². The van der Waals surface area contributed by atoms with Gasteiger partial charge in [-0.3, -0.25) is 0 Å². The molecule has 246 valence electrons. The molecular formula is C51H32N2. The molecule has 2 aliphatic carbocycles. The molecule has 0 amide bonds. The van der Waals surface area contributed by atoms with Crippen LogP contribution in [-0.4, -0.2) is 9.97 Å². The van der Waals surface area contributed by atoms with Gasteiger partial charge in [-0.05, 0) is 61.7 Å². The van der Waals surface area contributed by atoms with Gasteiger partial charge in [-0.25, -0.2) is 9.97 Å². The summed E-state index contributed by atoms with van der Waals surface area (Å²) in [7, 11) is 0. The molecule has 0 radical (unpaired) electrons. The van der Waals surface area contributed by atoms with Crippen molar-refractivity contribution in [3.8, 4) is 67.0 Å². The zero-order chi connectivity index (χ0) is 34.9. The Hall–Kier alpha value is -6.90. The van der Waals surface area contributed by atoms with Gasteiger partial charge >= 0.3 is 0 Å². The molecule has 0 saturated heterocycles. The number of hydrogen-bond acceptors (Lipinski definition) is 2. The summed E-state index contributed by atoms with van der Waals surface area (Å²) in [6.45, 7) is 0. The first-order valence-electron chi connectivity index (χ1n) is 18.3. The molecule has 0 bridgehead atoms. The van der Waals surface area contributed by atoms with Crippen LogP contribution in [0.5, 0.6) is 0 Å². The molecule has 0 fully saturated rings. The highest BCUT2D eigenvalue weighted by Gasteiger charge is 2.51. The van der Waals surface area contributed by atoms with Crippen molar-refractivity contribution >= 4 is 11.0 Å². The summed E-state index contributed by atoms with van der Waals surface area (Å²) in [6, 6.07) is 70.0. The third kappa shape index (κ3) is 4.27. The van der Waals surface area contributed by atoms with E-state index < -0.39 is 5.41 Å². The fourth-order valence-corrected chi connectivity index (χ4v) is 9.08. The van der Waals surface area contributed by atoms with Gasteiger partial charge in [0.2, 0.25) is 0 Å². The molecule has 53 heavy (non-hydrogen) atoms. The Kier molecular flexibility index (Phi) is 6.50. The number of hydrogen-bond donors (Lipinski definition) is 0. The Balaban J connectivity index is 1.24. The van der Waals surface area contributed by atoms with Gasteiger partial charge in [-0.2, -0.15) is 0 Å². The maximum atomic E-state index is 5.70. The van der Waals surface area contributed by atoms with E-state index in [2.05, 4.69) is 194 Å². The molecule has 0 N–H and O–H groups in total. The predicted octanol–water partition coefficient (Wildman–Crippen LogP) is 12.6. The van der Waals surface area contributed by atoms with E-state index in [-0.39, 0.29) is 0 Å². The minimum absolute atomic E-state index is 0.442. The summed E-state index contributed by atoms with van der Waals surface area (Å²) < 4.78 is 0. The molecule has 0 aliphatic heterocycles. The van der Waals surface area contributed by atoms with E-state index in [1.807, 2.05) is 0 Å². The molecule has 0 unspecified atom stereocenters. The summed E-state index contributed by atoms with van der Waals surface area (Å²) >= 11 is 0. The fourth-order valence-electron chi connectivity index (χ4n) is 9.08. The Morgan fingerprint density at radius 3 is 1.09 bits per heavy atom. The molecule has 2 nitrogen and oxygen atoms in total. The van der Waals surface area contributed by atoms with Crippen molar-refractivity contribution in [3.63, 3.8) is 0 Å². The normalized spacial score (nSPS) is 13.1. The number of rotatable bonds is 4. The largest absolute Gasteiger partial charge is 0.243 e. The van der Waals surface area contributed by atoms with Gasteiger partial charge in [-0.15, -0.1) is 0 Å². The summed E-state index contributed by atoms with van der Waals surface area (Å²) in [5.41, 5.74) is 20.0. The van der Waals surface area contributed by atoms with E-state index in [9.17, 15) is 0 Å². The Morgan fingerprint density at radius 1 is 0.264 bits per heavy atom. The average Bonchev–Trinajstić information content (AvgIpc) is 3.71. The first kappa shape index (κ1) is 29.8. The van der Waals surface area contributed by atoms with Crippen LogP contribution in [0.3, 0.4) is 0 Å². The summed E-state index contributed by atoms with van der Waals surface area (Å²) in [5.74, 6) is 0. The molecule has 1 heterocycles. The van der Waals surface area contributed by atoms with Crippen LogP contribution in [0.1, 0.15) is 22.3 Å². The molecule has 1 spiro atoms. The van der Waals surface area contributed by atoms with Crippen molar-refractivity contribution in [2.75, 3.05) is 0 Å². The second kappa shape index (κ2) is 11.6. The second-order valence-corrected chi connectivity index (χ2v) is 14.0. The number of benzene rings is 8. The SMILES string of the molecule is c1ccc(-c2nc3c(-c4ccccc4)ccc(-c4ccccc4)c3nc2-c2ccc3c(c2)C2(c4ccccc4-c4ccccc42)c2ccccc2-3)cc1. The fraction of sp³-hybridized carbons (Fsp3) is 0.0196. The van der Waals surface area contributed by atoms with E-state index in [0.717, 1.165) is 55.8 Å². The monoisotopic (exact) mass is 672 g/mol. The maximum Gasteiger partial charge on any atom is 0.0979 e. The summed E-state index contributed by atoms with van der Waals surface area (Å²) in [4.78, 5) is 11.3. The topological polar surface area (TPSA) is 25.8 Å². The van der Waals surface area contributed by atoms with Gasteiger partial charge in [-0.1, -0.05) is 188 Å². The zero-order valence-electron chi connectivity index (χ0n) is 28.9. The van der Waals surface area contributed by atoms with Crippen molar-refractivity contribution in [1.29, 1.82) is 0 Å². The molecule has 2 heteroatoms. The lowest BCUT2D eigenvalue weighted by Gasteiger charge is -2.30. The Bertz CT molecular complexity index is 2810. The van der Waals surface area contributed by atoms with E-state index in [4.69, 9.17) is 9.97 Å². The van der Waals surface area contributed by atoms with Crippen molar-refractivity contribution in [2.24, 2.45) is 0 Å². The molecule has 0 atom stereocenters. The van der Waals surface area contributed by atoms with Crippen LogP contribution in [0.15, 0.2) is 194 Å². The first-order chi connectivity index (χ1) is 26.3. The third-order valence-corrected chi connectivity index (χ3v) is 11.3. The highest BCUT2D eigenvalue weighted by atomic mass is 14.8. The second-order valence-electron chi connectivity index (χ2n) is 14.0. The molecule has 11 rings (SSSR count). The van der Waals surface area contributed by atoms with E-state index in [1.165, 1.54) is 44.5 Å². The third-order valence-electron chi connectivity index (χ3n) is 11.3. The Labute approximate surface area is 308 Å². The highest BCUT2D eigenvalue weighted by Crippen LogP contribution is 2.63. The lowest BCUT2D eigenvalue weighted by Crippen LogP contribution is -2.25. The van der Waals surface area contributed by atoms with Crippen LogP contribution in [0.4, 0.5) is 0 Å². The van der Waals surface area contributed by atoms with Crippen molar-refractivity contribution in [1.82, 2.24) is 9.97 Å². The minimum atomic E-state index is -0.442. The average molecular weight is 673 g/mol. The van der Waals surface area contributed by atoms with Crippen molar-refractivity contribution in [2.45, 2.75) is 5.41 Å². The van der Waals surface area contributed by atoms with Crippen LogP contribution < -0.4 is 0 Å². The molecular weight excluding hydrogens is 641 g/mol. The van der Waals surface area contributed by atoms with Crippen LogP contribution in [-0.2, 0) is 5.41 Å². The summed E-state index contributed by atoms with van der Waals surface area (Å²) in [6.07, 6.45) is 0. The lowest BCUT2D eigenvalue weighted by atomic mass is 9.70. The predicted molar refractivity (Wildman–Crippen MR) is 218 cm³/mol. The standard InChI is InChI=1S/C51H32N2/c1-4-16-33(17-5-1)37-30-31-38(34-18-6-2-7-19-34)50-49(37)52-47(35-20-8-3-9-21-35)48(53-50)36-28-29-42-41-24-12-15-27-45(41)51(46(42)32-36)43-25-13-10-22-39(43)40-23-11-14-26-44(40)51/h1-32H. The molecule has 0 saturated carbocycles. The minimum Gasteiger partial charge on any atom is -0.243 e. The van der Waals surface area contributed by atoms with Gasteiger partial charge < -0.3 is 0 Å². The van der Waals surface area contributed by atoms with Crippen LogP contribution in [0, 0.1) is 0 Å². The van der Waals surface area contributed by atoms with Gasteiger partial charge in [0, 0.05) is 22.3 Å². The molecule has 2 aliphatic rings. The highest BCUT2D eigenvalue weighted by molar-refractivity contribution is 6.03. The number of fused-ring (bicyclic) bond motifs is 11.